The highest BCUT2D eigenvalue weighted by atomic mass is 19.4. The zero-order valence-electron chi connectivity index (χ0n) is 20.9. The molecule has 2 N–H and O–H groups in total. The number of hydrogen-bond donors (Lipinski definition) is 2. The van der Waals surface area contributed by atoms with Crippen molar-refractivity contribution in [3.63, 3.8) is 0 Å². The van der Waals surface area contributed by atoms with Gasteiger partial charge >= 0.3 is 6.18 Å². The Kier molecular flexibility index (Phi) is 7.03. The van der Waals surface area contributed by atoms with Crippen molar-refractivity contribution >= 4 is 11.6 Å². The Morgan fingerprint density at radius 2 is 1.92 bits per heavy atom. The monoisotopic (exact) mass is 513 g/mol. The Hall–Kier alpha value is -4.19. The zero-order chi connectivity index (χ0) is 26.9. The molecule has 12 heteroatoms. The fraction of sp³-hybridized carbons (Fsp3) is 0.280. The van der Waals surface area contributed by atoms with Crippen molar-refractivity contribution in [2.45, 2.75) is 26.6 Å². The van der Waals surface area contributed by atoms with Crippen LogP contribution < -0.4 is 15.4 Å². The molecule has 0 radical (unpaired) electrons. The predicted molar refractivity (Wildman–Crippen MR) is 132 cm³/mol. The van der Waals surface area contributed by atoms with Crippen molar-refractivity contribution in [1.82, 2.24) is 30.1 Å². The van der Waals surface area contributed by atoms with Gasteiger partial charge < -0.3 is 15.4 Å². The number of rotatable bonds is 7. The number of carbonyl (C=O) groups excluding carboxylic acids is 1. The molecule has 0 saturated carbocycles. The number of anilines is 1. The normalized spacial score (nSPS) is 11.6. The molecule has 0 aliphatic carbocycles. The SMILES string of the molecule is CNCc1cc(C(F)(F)F)cc(NC(=O)c2ccc(C)c(-n3cc(-c4cnn(C)c4C)nn3)c2)c1OC. The molecule has 0 bridgehead atoms. The average molecular weight is 514 g/mol. The Labute approximate surface area is 211 Å². The van der Waals surface area contributed by atoms with E-state index in [1.54, 1.807) is 47.0 Å². The summed E-state index contributed by atoms with van der Waals surface area (Å²) in [5, 5.41) is 18.1. The van der Waals surface area contributed by atoms with Gasteiger partial charge in [-0.2, -0.15) is 18.3 Å². The van der Waals surface area contributed by atoms with E-state index in [0.29, 0.717) is 11.4 Å². The first-order chi connectivity index (χ1) is 17.5. The predicted octanol–water partition coefficient (Wildman–Crippen LogP) is 4.28. The number of carbonyl (C=O) groups is 1. The van der Waals surface area contributed by atoms with E-state index in [-0.39, 0.29) is 29.1 Å². The second kappa shape index (κ2) is 10.1. The first-order valence-corrected chi connectivity index (χ1v) is 11.3. The van der Waals surface area contributed by atoms with E-state index in [0.717, 1.165) is 29.0 Å². The van der Waals surface area contributed by atoms with Gasteiger partial charge in [-0.05, 0) is 50.7 Å². The van der Waals surface area contributed by atoms with Gasteiger partial charge in [0.2, 0.25) is 0 Å². The lowest BCUT2D eigenvalue weighted by atomic mass is 10.1. The van der Waals surface area contributed by atoms with Crippen molar-refractivity contribution < 1.29 is 22.7 Å². The van der Waals surface area contributed by atoms with Crippen LogP contribution in [0.15, 0.2) is 42.7 Å². The van der Waals surface area contributed by atoms with Crippen LogP contribution in [-0.4, -0.2) is 44.8 Å². The number of methoxy groups -OCH3 is 1. The van der Waals surface area contributed by atoms with E-state index in [1.165, 1.54) is 7.11 Å². The van der Waals surface area contributed by atoms with Gasteiger partial charge in [-0.3, -0.25) is 9.48 Å². The number of aromatic nitrogens is 5. The molecule has 0 atom stereocenters. The largest absolute Gasteiger partial charge is 0.494 e. The lowest BCUT2D eigenvalue weighted by molar-refractivity contribution is -0.137. The van der Waals surface area contributed by atoms with E-state index in [2.05, 4.69) is 26.0 Å². The molecule has 2 aromatic heterocycles. The third-order valence-electron chi connectivity index (χ3n) is 6.04. The molecule has 0 saturated heterocycles. The number of halogens is 3. The molecule has 194 valence electrons. The number of amides is 1. The fourth-order valence-electron chi connectivity index (χ4n) is 3.96. The summed E-state index contributed by atoms with van der Waals surface area (Å²) in [4.78, 5) is 13.2. The number of nitrogens with one attached hydrogen (secondary N) is 2. The molecule has 0 aliphatic rings. The lowest BCUT2D eigenvalue weighted by Gasteiger charge is -2.18. The minimum atomic E-state index is -4.59. The third kappa shape index (κ3) is 5.19. The average Bonchev–Trinajstić information content (AvgIpc) is 3.45. The maximum absolute atomic E-state index is 13.5. The smallest absolute Gasteiger partial charge is 0.416 e. The first kappa shape index (κ1) is 25.9. The van der Waals surface area contributed by atoms with Crippen LogP contribution in [0.4, 0.5) is 18.9 Å². The van der Waals surface area contributed by atoms with Gasteiger partial charge in [-0.1, -0.05) is 11.3 Å². The highest BCUT2D eigenvalue weighted by Crippen LogP contribution is 2.38. The van der Waals surface area contributed by atoms with Crippen molar-refractivity contribution in [2.75, 3.05) is 19.5 Å². The van der Waals surface area contributed by atoms with Crippen LogP contribution in [0.2, 0.25) is 0 Å². The van der Waals surface area contributed by atoms with E-state index < -0.39 is 17.6 Å². The van der Waals surface area contributed by atoms with Crippen molar-refractivity contribution in [3.05, 3.63) is 70.7 Å². The summed E-state index contributed by atoms with van der Waals surface area (Å²) in [5.74, 6) is -0.450. The molecule has 0 spiro atoms. The zero-order valence-corrected chi connectivity index (χ0v) is 20.9. The summed E-state index contributed by atoms with van der Waals surface area (Å²) in [5.41, 5.74) is 3.31. The Balaban J connectivity index is 1.68. The summed E-state index contributed by atoms with van der Waals surface area (Å²) < 4.78 is 49.2. The minimum Gasteiger partial charge on any atom is -0.494 e. The summed E-state index contributed by atoms with van der Waals surface area (Å²) in [6.07, 6.45) is -1.16. The number of aryl methyl sites for hydroxylation is 2. The Bertz CT molecular complexity index is 1460. The number of alkyl halides is 3. The first-order valence-electron chi connectivity index (χ1n) is 11.3. The van der Waals surface area contributed by atoms with Crippen LogP contribution in [0.3, 0.4) is 0 Å². The molecule has 0 aliphatic heterocycles. The second-order valence-electron chi connectivity index (χ2n) is 8.52. The van der Waals surface area contributed by atoms with E-state index >= 15 is 0 Å². The maximum atomic E-state index is 13.5. The molecule has 2 aromatic carbocycles. The van der Waals surface area contributed by atoms with E-state index in [9.17, 15) is 18.0 Å². The van der Waals surface area contributed by atoms with Crippen molar-refractivity contribution in [1.29, 1.82) is 0 Å². The van der Waals surface area contributed by atoms with Crippen LogP contribution in [0.5, 0.6) is 5.75 Å². The molecule has 1 amide bonds. The Morgan fingerprint density at radius 3 is 2.54 bits per heavy atom. The number of hydrogen-bond acceptors (Lipinski definition) is 6. The summed E-state index contributed by atoms with van der Waals surface area (Å²) in [7, 11) is 4.78. The molecule has 2 heterocycles. The van der Waals surface area contributed by atoms with E-state index in [1.807, 2.05) is 20.9 Å². The molecule has 37 heavy (non-hydrogen) atoms. The number of ether oxygens (including phenoxy) is 1. The van der Waals surface area contributed by atoms with Crippen molar-refractivity contribution in [2.24, 2.45) is 7.05 Å². The summed E-state index contributed by atoms with van der Waals surface area (Å²) >= 11 is 0. The molecule has 9 nitrogen and oxygen atoms in total. The van der Waals surface area contributed by atoms with Gasteiger partial charge in [-0.25, -0.2) is 4.68 Å². The third-order valence-corrected chi connectivity index (χ3v) is 6.04. The summed E-state index contributed by atoms with van der Waals surface area (Å²) in [6.45, 7) is 3.89. The standard InChI is InChI=1S/C25H26F3N7O2/c1-14-6-7-16(9-22(14)35-13-21(32-33-35)19-12-30-34(4)15(19)2)24(36)31-20-10-18(25(26,27)28)8-17(11-29-3)23(20)37-5/h6-10,12-13,29H,11H2,1-5H3,(H,31,36). The quantitative estimate of drug-likeness (QED) is 0.383. The van der Waals surface area contributed by atoms with Crippen LogP contribution in [-0.2, 0) is 19.8 Å². The summed E-state index contributed by atoms with van der Waals surface area (Å²) in [6, 6.07) is 6.79. The lowest BCUT2D eigenvalue weighted by Crippen LogP contribution is -2.17. The molecular weight excluding hydrogens is 487 g/mol. The highest BCUT2D eigenvalue weighted by Gasteiger charge is 2.33. The second-order valence-corrected chi connectivity index (χ2v) is 8.52. The molecule has 4 rings (SSSR count). The van der Waals surface area contributed by atoms with Crippen LogP contribution in [0, 0.1) is 13.8 Å². The number of nitrogens with zero attached hydrogens (tertiary/aromatic N) is 5. The van der Waals surface area contributed by atoms with Gasteiger partial charge in [0.15, 0.2) is 0 Å². The van der Waals surface area contributed by atoms with Gasteiger partial charge in [0.1, 0.15) is 11.4 Å². The van der Waals surface area contributed by atoms with Crippen LogP contribution in [0.25, 0.3) is 16.9 Å². The van der Waals surface area contributed by atoms with E-state index in [4.69, 9.17) is 4.74 Å². The Morgan fingerprint density at radius 1 is 1.16 bits per heavy atom. The van der Waals surface area contributed by atoms with Gasteiger partial charge in [-0.15, -0.1) is 5.10 Å². The van der Waals surface area contributed by atoms with Crippen molar-refractivity contribution in [3.8, 4) is 22.7 Å². The van der Waals surface area contributed by atoms with Crippen LogP contribution >= 0.6 is 0 Å². The van der Waals surface area contributed by atoms with Crippen LogP contribution in [0.1, 0.15) is 32.7 Å². The fourth-order valence-corrected chi connectivity index (χ4v) is 3.96. The minimum absolute atomic E-state index is 0.0789. The maximum Gasteiger partial charge on any atom is 0.416 e. The molecule has 4 aromatic rings. The molecule has 0 unspecified atom stereocenters. The van der Waals surface area contributed by atoms with Gasteiger partial charge in [0, 0.05) is 36.0 Å². The molecular formula is C25H26F3N7O2. The van der Waals surface area contributed by atoms with Gasteiger partial charge in [0.05, 0.1) is 36.4 Å². The topological polar surface area (TPSA) is 98.9 Å². The highest BCUT2D eigenvalue weighted by molar-refractivity contribution is 6.05. The number of benzene rings is 2. The van der Waals surface area contributed by atoms with Gasteiger partial charge in [0.25, 0.3) is 5.91 Å². The molecule has 0 fully saturated rings.